The lowest BCUT2D eigenvalue weighted by atomic mass is 9.84. The van der Waals surface area contributed by atoms with Crippen LogP contribution in [0.4, 0.5) is 0 Å². The molecule has 1 aliphatic carbocycles. The van der Waals surface area contributed by atoms with Crippen LogP contribution in [0.25, 0.3) is 11.0 Å². The highest BCUT2D eigenvalue weighted by Gasteiger charge is 2.26. The molecule has 4 atom stereocenters. The predicted molar refractivity (Wildman–Crippen MR) is 129 cm³/mol. The molecule has 5 nitrogen and oxygen atoms in total. The molecule has 1 aliphatic heterocycles. The van der Waals surface area contributed by atoms with Gasteiger partial charge in [-0.1, -0.05) is 31.4 Å². The molecular weight excluding hydrogens is 384 g/mol. The average Bonchev–Trinajstić information content (AvgIpc) is 2.76. The van der Waals surface area contributed by atoms with Gasteiger partial charge in [0, 0.05) is 30.6 Å². The number of hydrogen-bond acceptors (Lipinski definition) is 4. The normalized spacial score (nSPS) is 27.6. The molecule has 4 rings (SSSR count). The van der Waals surface area contributed by atoms with E-state index in [1.807, 2.05) is 28.8 Å². The van der Waals surface area contributed by atoms with Crippen molar-refractivity contribution in [2.45, 2.75) is 109 Å². The van der Waals surface area contributed by atoms with Gasteiger partial charge in [0.25, 0.3) is 5.56 Å². The van der Waals surface area contributed by atoms with Gasteiger partial charge in [0.05, 0.1) is 11.0 Å². The first kappa shape index (κ1) is 22.5. The van der Waals surface area contributed by atoms with E-state index in [-0.39, 0.29) is 17.5 Å². The number of nitrogens with zero attached hydrogens (tertiary/aromatic N) is 3. The Balaban J connectivity index is 1.44. The average molecular weight is 425 g/mol. The number of aryl methyl sites for hydroxylation is 1. The van der Waals surface area contributed by atoms with Crippen LogP contribution in [0.1, 0.15) is 89.7 Å². The molecule has 1 saturated carbocycles. The van der Waals surface area contributed by atoms with E-state index < -0.39 is 0 Å². The van der Waals surface area contributed by atoms with Crippen molar-refractivity contribution in [3.8, 4) is 0 Å². The summed E-state index contributed by atoms with van der Waals surface area (Å²) in [6.45, 7) is 6.70. The Morgan fingerprint density at radius 3 is 2.45 bits per heavy atom. The third kappa shape index (κ3) is 5.20. The van der Waals surface area contributed by atoms with Crippen LogP contribution in [-0.2, 0) is 6.54 Å². The lowest BCUT2D eigenvalue weighted by molar-refractivity contribution is 0.101. The van der Waals surface area contributed by atoms with E-state index in [4.69, 9.17) is 10.7 Å². The van der Waals surface area contributed by atoms with Crippen molar-refractivity contribution in [1.82, 2.24) is 14.5 Å². The fourth-order valence-electron chi connectivity index (χ4n) is 5.83. The molecule has 2 unspecified atom stereocenters. The maximum atomic E-state index is 13.4. The second kappa shape index (κ2) is 10.3. The van der Waals surface area contributed by atoms with E-state index in [9.17, 15) is 4.79 Å². The summed E-state index contributed by atoms with van der Waals surface area (Å²) in [6, 6.07) is 9.71. The summed E-state index contributed by atoms with van der Waals surface area (Å²) in [6.07, 6.45) is 11.5. The van der Waals surface area contributed by atoms with Gasteiger partial charge in [-0.05, 0) is 77.5 Å². The molecule has 0 spiro atoms. The third-order valence-electron chi connectivity index (χ3n) is 7.65. The number of fused-ring (bicyclic) bond motifs is 1. The fourth-order valence-corrected chi connectivity index (χ4v) is 5.83. The maximum Gasteiger partial charge on any atom is 0.273 e. The molecule has 0 amide bonds. The molecular formula is C26H40N4O. The number of para-hydroxylation sites is 2. The fraction of sp³-hybridized carbons (Fsp3) is 0.692. The zero-order chi connectivity index (χ0) is 21.8. The van der Waals surface area contributed by atoms with Crippen LogP contribution >= 0.6 is 0 Å². The van der Waals surface area contributed by atoms with Crippen molar-refractivity contribution in [3.63, 3.8) is 0 Å². The maximum absolute atomic E-state index is 13.4. The molecule has 2 N–H and O–H groups in total. The van der Waals surface area contributed by atoms with Crippen molar-refractivity contribution >= 4 is 11.0 Å². The van der Waals surface area contributed by atoms with Crippen molar-refractivity contribution in [2.75, 3.05) is 6.54 Å². The van der Waals surface area contributed by atoms with E-state index in [2.05, 4.69) is 18.7 Å². The Morgan fingerprint density at radius 2 is 1.68 bits per heavy atom. The Labute approximate surface area is 187 Å². The molecule has 2 aromatic rings. The number of likely N-dealkylation sites (tertiary alicyclic amines) is 1. The van der Waals surface area contributed by atoms with Crippen LogP contribution in [-0.4, -0.2) is 39.1 Å². The summed E-state index contributed by atoms with van der Waals surface area (Å²) >= 11 is 0. The van der Waals surface area contributed by atoms with Gasteiger partial charge in [0.1, 0.15) is 5.69 Å². The zero-order valence-corrected chi connectivity index (χ0v) is 19.4. The number of rotatable bonds is 7. The molecule has 2 aliphatic rings. The van der Waals surface area contributed by atoms with Gasteiger partial charge < -0.3 is 10.3 Å². The van der Waals surface area contributed by atoms with Gasteiger partial charge in [-0.15, -0.1) is 0 Å². The summed E-state index contributed by atoms with van der Waals surface area (Å²) in [5, 5.41) is 0. The number of piperidine rings is 1. The lowest BCUT2D eigenvalue weighted by Gasteiger charge is -2.39. The second-order valence-corrected chi connectivity index (χ2v) is 9.99. The van der Waals surface area contributed by atoms with Crippen LogP contribution in [0.5, 0.6) is 0 Å². The van der Waals surface area contributed by atoms with E-state index in [1.54, 1.807) is 0 Å². The van der Waals surface area contributed by atoms with Gasteiger partial charge in [-0.25, -0.2) is 4.98 Å². The highest BCUT2D eigenvalue weighted by atomic mass is 16.1. The van der Waals surface area contributed by atoms with Crippen molar-refractivity contribution in [2.24, 2.45) is 5.73 Å². The van der Waals surface area contributed by atoms with Gasteiger partial charge >= 0.3 is 0 Å². The highest BCUT2D eigenvalue weighted by molar-refractivity contribution is 5.74. The quantitative estimate of drug-likeness (QED) is 0.648. The first-order valence-corrected chi connectivity index (χ1v) is 12.6. The monoisotopic (exact) mass is 424 g/mol. The lowest BCUT2D eigenvalue weighted by Crippen LogP contribution is -2.44. The highest BCUT2D eigenvalue weighted by Crippen LogP contribution is 2.30. The zero-order valence-electron chi connectivity index (χ0n) is 19.4. The molecule has 2 heterocycles. The second-order valence-electron chi connectivity index (χ2n) is 9.99. The third-order valence-corrected chi connectivity index (χ3v) is 7.65. The molecule has 1 aromatic carbocycles. The Bertz CT molecular complexity index is 913. The summed E-state index contributed by atoms with van der Waals surface area (Å²) in [7, 11) is 0. The summed E-state index contributed by atoms with van der Waals surface area (Å²) in [4.78, 5) is 20.9. The largest absolute Gasteiger partial charge is 0.328 e. The Kier molecular flexibility index (Phi) is 7.44. The topological polar surface area (TPSA) is 64.2 Å². The number of aromatic nitrogens is 2. The van der Waals surface area contributed by atoms with Crippen LogP contribution in [0.15, 0.2) is 29.1 Å². The van der Waals surface area contributed by atoms with Crippen molar-refractivity contribution in [1.29, 1.82) is 0 Å². The molecule has 5 heteroatoms. The van der Waals surface area contributed by atoms with Gasteiger partial charge in [0.15, 0.2) is 0 Å². The summed E-state index contributed by atoms with van der Waals surface area (Å²) in [5.74, 6) is 0.203. The van der Waals surface area contributed by atoms with E-state index >= 15 is 0 Å². The van der Waals surface area contributed by atoms with E-state index in [0.29, 0.717) is 12.1 Å². The van der Waals surface area contributed by atoms with Gasteiger partial charge in [-0.2, -0.15) is 0 Å². The molecule has 170 valence electrons. The number of unbranched alkanes of at least 4 members (excludes halogenated alkanes) is 2. The molecule has 0 radical (unpaired) electrons. The number of nitrogens with two attached hydrogens (primary N) is 1. The molecule has 0 bridgehead atoms. The minimum absolute atomic E-state index is 0.107. The van der Waals surface area contributed by atoms with Crippen molar-refractivity contribution < 1.29 is 0 Å². The predicted octanol–water partition coefficient (Wildman–Crippen LogP) is 4.81. The van der Waals surface area contributed by atoms with Gasteiger partial charge in [0.2, 0.25) is 0 Å². The summed E-state index contributed by atoms with van der Waals surface area (Å²) in [5.41, 5.74) is 8.97. The molecule has 1 saturated heterocycles. The SMILES string of the molecule is C[C@@H]1CCC[C@H](C)N1CCCCCn1c(=O)c(C2CCCC(N)C2)nc2ccccc21. The van der Waals surface area contributed by atoms with Crippen molar-refractivity contribution in [3.05, 3.63) is 40.3 Å². The Hall–Kier alpha value is -1.72. The molecule has 2 fully saturated rings. The first-order valence-electron chi connectivity index (χ1n) is 12.6. The smallest absolute Gasteiger partial charge is 0.273 e. The Morgan fingerprint density at radius 1 is 0.968 bits per heavy atom. The molecule has 31 heavy (non-hydrogen) atoms. The van der Waals surface area contributed by atoms with Crippen LogP contribution < -0.4 is 11.3 Å². The van der Waals surface area contributed by atoms with Crippen LogP contribution in [0.2, 0.25) is 0 Å². The summed E-state index contributed by atoms with van der Waals surface area (Å²) < 4.78 is 1.99. The number of benzene rings is 1. The van der Waals surface area contributed by atoms with E-state index in [0.717, 1.165) is 61.8 Å². The van der Waals surface area contributed by atoms with E-state index in [1.165, 1.54) is 32.2 Å². The van der Waals surface area contributed by atoms with Gasteiger partial charge in [-0.3, -0.25) is 9.69 Å². The van der Waals surface area contributed by atoms with Crippen LogP contribution in [0, 0.1) is 0 Å². The first-order chi connectivity index (χ1) is 15.0. The number of hydrogen-bond donors (Lipinski definition) is 1. The minimum Gasteiger partial charge on any atom is -0.328 e. The molecule has 1 aromatic heterocycles. The minimum atomic E-state index is 0.107. The van der Waals surface area contributed by atoms with Crippen LogP contribution in [0.3, 0.4) is 0 Å². The standard InChI is InChI=1S/C26H40N4O/c1-19-10-8-11-20(2)29(19)16-6-3-7-17-30-24-15-5-4-14-23(24)28-25(26(30)31)21-12-9-13-22(27)18-21/h4-5,14-15,19-22H,3,6-13,16-18,27H2,1-2H3/t19-,20+,21?,22?.